The monoisotopic (exact) mass is 718 g/mol. The van der Waals surface area contributed by atoms with Crippen LogP contribution in [-0.4, -0.2) is 129 Å². The summed E-state index contributed by atoms with van der Waals surface area (Å²) < 4.78 is 8.17. The average Bonchev–Trinajstić information content (AvgIpc) is 3.63. The molecule has 7 heterocycles. The van der Waals surface area contributed by atoms with Gasteiger partial charge in [0.2, 0.25) is 0 Å². The first-order chi connectivity index (χ1) is 26.2. The molecule has 9 rings (SSSR count). The van der Waals surface area contributed by atoms with Gasteiger partial charge >= 0.3 is 0 Å². The summed E-state index contributed by atoms with van der Waals surface area (Å²) in [6, 6.07) is 21.3. The number of rotatable bonds is 8. The maximum absolute atomic E-state index is 6.48. The molecule has 11 heteroatoms. The second-order valence-electron chi connectivity index (χ2n) is 16.2. The molecule has 0 saturated carbocycles. The molecular weight excluding hydrogens is 661 g/mol. The number of benzene rings is 2. The Balaban J connectivity index is 0.757. The zero-order chi connectivity index (χ0) is 35.6. The number of nitrogens with zero attached hydrogens (tertiary/aromatic N) is 8. The predicted molar refractivity (Wildman–Crippen MR) is 211 cm³/mol. The normalized spacial score (nSPS) is 23.5. The molecule has 0 amide bonds. The van der Waals surface area contributed by atoms with Crippen molar-refractivity contribution in [2.45, 2.75) is 94.4 Å². The van der Waals surface area contributed by atoms with Gasteiger partial charge in [0.15, 0.2) is 5.65 Å². The largest absolute Gasteiger partial charge is 0.457 e. The Morgan fingerprint density at radius 2 is 1.02 bits per heavy atom. The molecule has 4 aromatic rings. The number of aromatic nitrogens is 4. The topological polar surface area (TPSA) is 104 Å². The van der Waals surface area contributed by atoms with Crippen molar-refractivity contribution in [1.29, 1.82) is 0 Å². The van der Waals surface area contributed by atoms with Gasteiger partial charge in [-0.15, -0.1) is 0 Å². The van der Waals surface area contributed by atoms with E-state index in [-0.39, 0.29) is 0 Å². The summed E-state index contributed by atoms with van der Waals surface area (Å²) in [6.45, 7) is 12.3. The second-order valence-corrected chi connectivity index (χ2v) is 16.2. The minimum Gasteiger partial charge on any atom is -0.457 e. The summed E-state index contributed by atoms with van der Waals surface area (Å²) in [5, 5.41) is 9.55. The molecule has 5 aliphatic heterocycles. The number of fused-ring (bicyclic) bond motifs is 1. The molecule has 0 bridgehead atoms. The SMILES string of the molecule is Nc1ncnc2c1c(-c1ccc(Oc3ccccc3)cc1)nn2C1CCN(C2CCN(C3CCN(C4CCN(C5CCNCC5)CC4)CC3)CC2)CC1. The van der Waals surface area contributed by atoms with Gasteiger partial charge in [0.05, 0.1) is 11.4 Å². The van der Waals surface area contributed by atoms with Crippen LogP contribution < -0.4 is 15.8 Å². The summed E-state index contributed by atoms with van der Waals surface area (Å²) in [6.07, 6.45) is 14.4. The first-order valence-electron chi connectivity index (χ1n) is 20.7. The highest BCUT2D eigenvalue weighted by Crippen LogP contribution is 2.36. The van der Waals surface area contributed by atoms with Crippen molar-refractivity contribution < 1.29 is 4.74 Å². The molecule has 53 heavy (non-hydrogen) atoms. The number of nitrogens with two attached hydrogens (primary N) is 1. The zero-order valence-corrected chi connectivity index (χ0v) is 31.4. The smallest absolute Gasteiger partial charge is 0.164 e. The summed E-state index contributed by atoms with van der Waals surface area (Å²) in [5.41, 5.74) is 9.13. The number of piperidine rings is 5. The molecule has 0 spiro atoms. The third-order valence-electron chi connectivity index (χ3n) is 13.3. The van der Waals surface area contributed by atoms with Crippen molar-refractivity contribution in [3.8, 4) is 22.8 Å². The molecule has 2 aromatic heterocycles. The Labute approximate surface area is 314 Å². The lowest BCUT2D eigenvalue weighted by Gasteiger charge is -2.47. The first kappa shape index (κ1) is 35.1. The fourth-order valence-corrected chi connectivity index (χ4v) is 10.3. The van der Waals surface area contributed by atoms with Crippen LogP contribution in [0.1, 0.15) is 70.3 Å². The van der Waals surface area contributed by atoms with Crippen molar-refractivity contribution in [2.24, 2.45) is 0 Å². The van der Waals surface area contributed by atoms with Crippen LogP contribution >= 0.6 is 0 Å². The van der Waals surface area contributed by atoms with E-state index >= 15 is 0 Å². The van der Waals surface area contributed by atoms with Crippen LogP contribution in [0.3, 0.4) is 0 Å². The molecule has 11 nitrogen and oxygen atoms in total. The van der Waals surface area contributed by atoms with E-state index in [1.807, 2.05) is 42.5 Å². The predicted octanol–water partition coefficient (Wildman–Crippen LogP) is 5.65. The number of ether oxygens (including phenoxy) is 1. The Kier molecular flexibility index (Phi) is 10.6. The van der Waals surface area contributed by atoms with Crippen molar-refractivity contribution in [2.75, 3.05) is 71.2 Å². The van der Waals surface area contributed by atoms with Gasteiger partial charge in [0.1, 0.15) is 29.3 Å². The number of hydrogen-bond acceptors (Lipinski definition) is 10. The van der Waals surface area contributed by atoms with Gasteiger partial charge in [0, 0.05) is 42.8 Å². The highest BCUT2D eigenvalue weighted by Gasteiger charge is 2.35. The molecule has 0 aliphatic carbocycles. The lowest BCUT2D eigenvalue weighted by molar-refractivity contribution is 0.0208. The number of nitrogen functional groups attached to an aromatic ring is 1. The van der Waals surface area contributed by atoms with Crippen LogP contribution in [0.4, 0.5) is 5.82 Å². The van der Waals surface area contributed by atoms with E-state index in [1.165, 1.54) is 104 Å². The lowest BCUT2D eigenvalue weighted by Crippen LogP contribution is -2.55. The van der Waals surface area contributed by atoms with E-state index in [9.17, 15) is 0 Å². The molecule has 5 fully saturated rings. The summed E-state index contributed by atoms with van der Waals surface area (Å²) in [5.74, 6) is 2.07. The highest BCUT2D eigenvalue weighted by atomic mass is 16.5. The van der Waals surface area contributed by atoms with Crippen LogP contribution in [0.2, 0.25) is 0 Å². The molecule has 5 saturated heterocycles. The standard InChI is InChI=1S/C42H58N10O/c43-41-39-40(31-6-8-38(9-7-31)53-37-4-2-1-3-5-37)47-52(42(39)46-30-45-41)36-18-28-51(29-19-36)35-16-26-50(27-17-35)34-14-24-49(25-15-34)33-12-22-48(23-13-33)32-10-20-44-21-11-32/h1-9,30,32-36,44H,10-29H2,(H2,43,45,46). The second kappa shape index (κ2) is 16.0. The number of nitrogens with one attached hydrogen (secondary N) is 1. The molecule has 0 radical (unpaired) electrons. The maximum atomic E-state index is 6.48. The van der Waals surface area contributed by atoms with Crippen LogP contribution in [0.5, 0.6) is 11.5 Å². The Morgan fingerprint density at radius 1 is 0.547 bits per heavy atom. The molecule has 3 N–H and O–H groups in total. The maximum Gasteiger partial charge on any atom is 0.164 e. The molecular formula is C42H58N10O. The Hall–Kier alpha value is -3.61. The van der Waals surface area contributed by atoms with Crippen LogP contribution in [0.15, 0.2) is 60.9 Å². The lowest BCUT2D eigenvalue weighted by atomic mass is 9.93. The van der Waals surface area contributed by atoms with E-state index in [0.29, 0.717) is 17.9 Å². The van der Waals surface area contributed by atoms with Gasteiger partial charge in [-0.2, -0.15) is 5.10 Å². The fraction of sp³-hybridized carbons (Fsp3) is 0.595. The highest BCUT2D eigenvalue weighted by molar-refractivity contribution is 5.98. The third kappa shape index (κ3) is 7.69. The summed E-state index contributed by atoms with van der Waals surface area (Å²) in [7, 11) is 0. The van der Waals surface area contributed by atoms with Crippen molar-refractivity contribution >= 4 is 16.9 Å². The molecule has 0 unspecified atom stereocenters. The number of anilines is 1. The van der Waals surface area contributed by atoms with Crippen molar-refractivity contribution in [3.63, 3.8) is 0 Å². The van der Waals surface area contributed by atoms with E-state index in [1.54, 1.807) is 6.33 Å². The van der Waals surface area contributed by atoms with Crippen LogP contribution in [-0.2, 0) is 0 Å². The van der Waals surface area contributed by atoms with Crippen molar-refractivity contribution in [3.05, 3.63) is 60.9 Å². The zero-order valence-electron chi connectivity index (χ0n) is 31.4. The fourth-order valence-electron chi connectivity index (χ4n) is 10.3. The third-order valence-corrected chi connectivity index (χ3v) is 13.3. The van der Waals surface area contributed by atoms with Gasteiger partial charge in [-0.05, 0) is 153 Å². The molecule has 0 atom stereocenters. The van der Waals surface area contributed by atoms with E-state index < -0.39 is 0 Å². The number of hydrogen-bond donors (Lipinski definition) is 2. The van der Waals surface area contributed by atoms with Crippen molar-refractivity contribution in [1.82, 2.24) is 44.7 Å². The van der Waals surface area contributed by atoms with Crippen LogP contribution in [0.25, 0.3) is 22.3 Å². The Bertz CT molecular complexity index is 1760. The number of likely N-dealkylation sites (tertiary alicyclic amines) is 4. The van der Waals surface area contributed by atoms with Gasteiger partial charge < -0.3 is 35.4 Å². The molecule has 282 valence electrons. The van der Waals surface area contributed by atoms with Gasteiger partial charge in [-0.3, -0.25) is 0 Å². The van der Waals surface area contributed by atoms with Gasteiger partial charge in [-0.25, -0.2) is 14.6 Å². The molecule has 5 aliphatic rings. The molecule has 2 aromatic carbocycles. The van der Waals surface area contributed by atoms with E-state index in [4.69, 9.17) is 20.6 Å². The first-order valence-corrected chi connectivity index (χ1v) is 20.7. The van der Waals surface area contributed by atoms with Gasteiger partial charge in [-0.1, -0.05) is 18.2 Å². The minimum absolute atomic E-state index is 0.291. The minimum atomic E-state index is 0.291. The quantitative estimate of drug-likeness (QED) is 0.238. The van der Waals surface area contributed by atoms with Crippen LogP contribution in [0, 0.1) is 0 Å². The van der Waals surface area contributed by atoms with E-state index in [0.717, 1.165) is 77.8 Å². The number of para-hydroxylation sites is 1. The summed E-state index contributed by atoms with van der Waals surface area (Å²) in [4.78, 5) is 20.3. The van der Waals surface area contributed by atoms with E-state index in [2.05, 4.69) is 46.7 Å². The Morgan fingerprint density at radius 3 is 1.55 bits per heavy atom. The summed E-state index contributed by atoms with van der Waals surface area (Å²) >= 11 is 0. The van der Waals surface area contributed by atoms with Gasteiger partial charge in [0.25, 0.3) is 0 Å². The average molecular weight is 719 g/mol.